The largest absolute Gasteiger partial charge is 0.381 e. The lowest BCUT2D eigenvalue weighted by Gasteiger charge is -2.37. The van der Waals surface area contributed by atoms with Gasteiger partial charge >= 0.3 is 0 Å². The van der Waals surface area contributed by atoms with Crippen LogP contribution in [-0.2, 0) is 14.6 Å². The fraction of sp³-hybridized carbons (Fsp3) is 1.00. The van der Waals surface area contributed by atoms with Gasteiger partial charge in [-0.15, -0.1) is 0 Å². The molecule has 2 saturated heterocycles. The lowest BCUT2D eigenvalue weighted by atomic mass is 9.80. The minimum atomic E-state index is -2.79. The summed E-state index contributed by atoms with van der Waals surface area (Å²) in [5, 5.41) is 0. The minimum Gasteiger partial charge on any atom is -0.381 e. The summed E-state index contributed by atoms with van der Waals surface area (Å²) < 4.78 is 27.6. The van der Waals surface area contributed by atoms with Crippen molar-refractivity contribution in [1.29, 1.82) is 0 Å². The second-order valence-corrected chi connectivity index (χ2v) is 8.37. The van der Waals surface area contributed by atoms with Crippen LogP contribution in [0.25, 0.3) is 0 Å². The van der Waals surface area contributed by atoms with Gasteiger partial charge in [0.25, 0.3) is 0 Å². The Bertz CT molecular complexity index is 355. The number of likely N-dealkylation sites (tertiary alicyclic amines) is 1. The summed E-state index contributed by atoms with van der Waals surface area (Å²) in [5.74, 6) is 2.06. The van der Waals surface area contributed by atoms with E-state index in [9.17, 15) is 8.42 Å². The monoisotopic (exact) mass is 289 g/mol. The van der Waals surface area contributed by atoms with Crippen LogP contribution in [0.5, 0.6) is 0 Å². The summed E-state index contributed by atoms with van der Waals surface area (Å²) in [6, 6.07) is 0. The van der Waals surface area contributed by atoms with Gasteiger partial charge in [-0.3, -0.25) is 0 Å². The molecule has 0 aromatic rings. The number of piperidine rings is 1. The zero-order chi connectivity index (χ0) is 13.7. The van der Waals surface area contributed by atoms with E-state index in [-0.39, 0.29) is 0 Å². The van der Waals surface area contributed by atoms with Gasteiger partial charge in [-0.1, -0.05) is 0 Å². The topological polar surface area (TPSA) is 46.6 Å². The Hall–Kier alpha value is -0.130. The first-order valence-corrected chi connectivity index (χ1v) is 9.58. The van der Waals surface area contributed by atoms with Crippen molar-refractivity contribution < 1.29 is 13.2 Å². The van der Waals surface area contributed by atoms with E-state index in [2.05, 4.69) is 4.90 Å². The Balaban J connectivity index is 1.64. The fourth-order valence-corrected chi connectivity index (χ4v) is 4.04. The van der Waals surface area contributed by atoms with Crippen LogP contribution in [0.15, 0.2) is 0 Å². The zero-order valence-corrected chi connectivity index (χ0v) is 12.8. The van der Waals surface area contributed by atoms with E-state index in [1.165, 1.54) is 31.9 Å². The van der Waals surface area contributed by atoms with Crippen LogP contribution in [0.3, 0.4) is 0 Å². The van der Waals surface area contributed by atoms with Gasteiger partial charge < -0.3 is 9.64 Å². The fourth-order valence-electron chi connectivity index (χ4n) is 3.39. The smallest absolute Gasteiger partial charge is 0.147 e. The van der Waals surface area contributed by atoms with E-state index in [0.717, 1.165) is 51.1 Å². The Kier molecular flexibility index (Phi) is 5.66. The second-order valence-electron chi connectivity index (χ2n) is 6.11. The highest BCUT2D eigenvalue weighted by Gasteiger charge is 2.27. The predicted molar refractivity (Wildman–Crippen MR) is 77.0 cm³/mol. The van der Waals surface area contributed by atoms with Crippen LogP contribution in [0, 0.1) is 11.8 Å². The molecule has 4 nitrogen and oxygen atoms in total. The zero-order valence-electron chi connectivity index (χ0n) is 12.0. The third-order valence-electron chi connectivity index (χ3n) is 4.55. The standard InChI is InChI=1S/C14H27NO3S/c1-19(16,17)12-2-7-15-8-3-13(4-9-15)14-5-10-18-11-6-14/h13-14H,2-12H2,1H3. The molecule has 2 aliphatic rings. The van der Waals surface area contributed by atoms with Crippen LogP contribution in [0.1, 0.15) is 32.1 Å². The van der Waals surface area contributed by atoms with Crippen molar-refractivity contribution in [3.8, 4) is 0 Å². The van der Waals surface area contributed by atoms with E-state index in [4.69, 9.17) is 4.74 Å². The van der Waals surface area contributed by atoms with E-state index in [1.54, 1.807) is 0 Å². The van der Waals surface area contributed by atoms with Crippen LogP contribution in [0.2, 0.25) is 0 Å². The number of ether oxygens (including phenoxy) is 1. The highest BCUT2D eigenvalue weighted by atomic mass is 32.2. The van der Waals surface area contributed by atoms with Crippen molar-refractivity contribution in [3.05, 3.63) is 0 Å². The van der Waals surface area contributed by atoms with Gasteiger partial charge in [0, 0.05) is 19.5 Å². The van der Waals surface area contributed by atoms with Crippen molar-refractivity contribution in [3.63, 3.8) is 0 Å². The molecule has 0 atom stereocenters. The van der Waals surface area contributed by atoms with Crippen LogP contribution in [0.4, 0.5) is 0 Å². The maximum Gasteiger partial charge on any atom is 0.147 e. The van der Waals surface area contributed by atoms with Crippen molar-refractivity contribution in [2.24, 2.45) is 11.8 Å². The molecule has 2 heterocycles. The number of hydrogen-bond acceptors (Lipinski definition) is 4. The first-order valence-electron chi connectivity index (χ1n) is 7.52. The first kappa shape index (κ1) is 15.3. The molecule has 0 spiro atoms. The summed E-state index contributed by atoms with van der Waals surface area (Å²) in [4.78, 5) is 2.43. The summed E-state index contributed by atoms with van der Waals surface area (Å²) in [7, 11) is -2.79. The Morgan fingerprint density at radius 1 is 1.05 bits per heavy atom. The molecule has 2 fully saturated rings. The molecule has 0 N–H and O–H groups in total. The Morgan fingerprint density at radius 3 is 2.21 bits per heavy atom. The van der Waals surface area contributed by atoms with Gasteiger partial charge in [0.15, 0.2) is 0 Å². The van der Waals surface area contributed by atoms with Crippen molar-refractivity contribution >= 4 is 9.84 Å². The van der Waals surface area contributed by atoms with Crippen LogP contribution >= 0.6 is 0 Å². The molecule has 112 valence electrons. The van der Waals surface area contributed by atoms with E-state index in [1.807, 2.05) is 0 Å². The first-order chi connectivity index (χ1) is 9.04. The lowest BCUT2D eigenvalue weighted by molar-refractivity contribution is 0.0305. The van der Waals surface area contributed by atoms with Gasteiger partial charge in [-0.25, -0.2) is 8.42 Å². The number of hydrogen-bond donors (Lipinski definition) is 0. The van der Waals surface area contributed by atoms with Crippen molar-refractivity contribution in [2.75, 3.05) is 44.9 Å². The maximum atomic E-state index is 11.1. The van der Waals surface area contributed by atoms with Gasteiger partial charge in [0.05, 0.1) is 5.75 Å². The highest BCUT2D eigenvalue weighted by molar-refractivity contribution is 7.90. The second kappa shape index (κ2) is 7.04. The predicted octanol–water partition coefficient (Wildman–Crippen LogP) is 1.56. The maximum absolute atomic E-state index is 11.1. The van der Waals surface area contributed by atoms with Crippen LogP contribution < -0.4 is 0 Å². The van der Waals surface area contributed by atoms with Gasteiger partial charge in [0.2, 0.25) is 0 Å². The number of nitrogens with zero attached hydrogens (tertiary/aromatic N) is 1. The average molecular weight is 289 g/mol. The van der Waals surface area contributed by atoms with E-state index in [0.29, 0.717) is 5.75 Å². The van der Waals surface area contributed by atoms with Crippen molar-refractivity contribution in [1.82, 2.24) is 4.90 Å². The molecule has 0 aromatic carbocycles. The minimum absolute atomic E-state index is 0.326. The lowest BCUT2D eigenvalue weighted by Crippen LogP contribution is -2.38. The van der Waals surface area contributed by atoms with E-state index >= 15 is 0 Å². The molecule has 0 radical (unpaired) electrons. The molecular formula is C14H27NO3S. The molecule has 2 rings (SSSR count). The molecular weight excluding hydrogens is 262 g/mol. The van der Waals surface area contributed by atoms with E-state index < -0.39 is 9.84 Å². The summed E-state index contributed by atoms with van der Waals surface area (Å²) in [5.41, 5.74) is 0. The van der Waals surface area contributed by atoms with Crippen molar-refractivity contribution in [2.45, 2.75) is 32.1 Å². The molecule has 0 aromatic heterocycles. The third kappa shape index (κ3) is 5.40. The molecule has 0 aliphatic carbocycles. The van der Waals surface area contributed by atoms with Crippen LogP contribution in [-0.4, -0.2) is 58.2 Å². The summed E-state index contributed by atoms with van der Waals surface area (Å²) >= 11 is 0. The molecule has 5 heteroatoms. The quantitative estimate of drug-likeness (QED) is 0.770. The molecule has 0 bridgehead atoms. The Morgan fingerprint density at radius 2 is 1.63 bits per heavy atom. The average Bonchev–Trinajstić information content (AvgIpc) is 2.39. The molecule has 0 unspecified atom stereocenters. The normalized spacial score (nSPS) is 24.7. The number of rotatable bonds is 5. The van der Waals surface area contributed by atoms with Gasteiger partial charge in [-0.05, 0) is 63.6 Å². The number of sulfone groups is 1. The molecule has 0 saturated carbocycles. The van der Waals surface area contributed by atoms with Gasteiger partial charge in [-0.2, -0.15) is 0 Å². The third-order valence-corrected chi connectivity index (χ3v) is 5.58. The summed E-state index contributed by atoms with van der Waals surface area (Å²) in [6.07, 6.45) is 7.13. The summed E-state index contributed by atoms with van der Waals surface area (Å²) in [6.45, 7) is 5.11. The Labute approximate surface area is 117 Å². The molecule has 0 amide bonds. The van der Waals surface area contributed by atoms with Gasteiger partial charge in [0.1, 0.15) is 9.84 Å². The highest BCUT2D eigenvalue weighted by Crippen LogP contribution is 2.31. The SMILES string of the molecule is CS(=O)(=O)CCCN1CCC(C2CCOCC2)CC1. The molecule has 2 aliphatic heterocycles. The molecule has 19 heavy (non-hydrogen) atoms.